The van der Waals surface area contributed by atoms with Gasteiger partial charge in [0.2, 0.25) is 5.91 Å². The fourth-order valence-electron chi connectivity index (χ4n) is 2.23. The quantitative estimate of drug-likeness (QED) is 0.854. The molecule has 0 aromatic heterocycles. The first kappa shape index (κ1) is 15.3. The van der Waals surface area contributed by atoms with Crippen LogP contribution in [0, 0.1) is 0 Å². The van der Waals surface area contributed by atoms with Crippen LogP contribution in [0.15, 0.2) is 48.5 Å². The zero-order chi connectivity index (χ0) is 15.1. The first-order valence-electron chi connectivity index (χ1n) is 7.38. The van der Waals surface area contributed by atoms with E-state index in [4.69, 9.17) is 5.73 Å². The Hall–Kier alpha value is -2.13. The van der Waals surface area contributed by atoms with Crippen LogP contribution >= 0.6 is 0 Å². The third-order valence-corrected chi connectivity index (χ3v) is 3.40. The van der Waals surface area contributed by atoms with E-state index in [0.717, 1.165) is 29.7 Å². The molecule has 110 valence electrons. The van der Waals surface area contributed by atoms with Crippen LogP contribution in [-0.2, 0) is 24.2 Å². The number of rotatable bonds is 6. The van der Waals surface area contributed by atoms with Crippen molar-refractivity contribution < 1.29 is 4.79 Å². The van der Waals surface area contributed by atoms with Gasteiger partial charge in [-0.05, 0) is 35.2 Å². The van der Waals surface area contributed by atoms with Crippen LogP contribution in [-0.4, -0.2) is 5.91 Å². The number of amides is 1. The number of anilines is 1. The lowest BCUT2D eigenvalue weighted by molar-refractivity contribution is -0.115. The van der Waals surface area contributed by atoms with E-state index < -0.39 is 0 Å². The molecule has 0 aliphatic carbocycles. The van der Waals surface area contributed by atoms with Gasteiger partial charge in [0, 0.05) is 12.2 Å². The number of aryl methyl sites for hydroxylation is 1. The molecule has 0 radical (unpaired) electrons. The molecule has 2 aromatic carbocycles. The van der Waals surface area contributed by atoms with Crippen LogP contribution in [0.1, 0.15) is 30.0 Å². The van der Waals surface area contributed by atoms with Crippen LogP contribution in [0.25, 0.3) is 0 Å². The lowest BCUT2D eigenvalue weighted by Gasteiger charge is -2.07. The minimum atomic E-state index is -0.00117. The number of benzene rings is 2. The summed E-state index contributed by atoms with van der Waals surface area (Å²) in [5.41, 5.74) is 9.77. The van der Waals surface area contributed by atoms with E-state index in [1.165, 1.54) is 5.56 Å². The SMILES string of the molecule is CCCc1ccc(NC(=O)Cc2ccc(CN)cc2)cc1. The highest BCUT2D eigenvalue weighted by atomic mass is 16.1. The molecule has 21 heavy (non-hydrogen) atoms. The largest absolute Gasteiger partial charge is 0.326 e. The van der Waals surface area contributed by atoms with Gasteiger partial charge in [0.15, 0.2) is 0 Å². The summed E-state index contributed by atoms with van der Waals surface area (Å²) in [6.45, 7) is 2.68. The monoisotopic (exact) mass is 282 g/mol. The third kappa shape index (κ3) is 4.72. The zero-order valence-corrected chi connectivity index (χ0v) is 12.4. The molecule has 0 heterocycles. The Balaban J connectivity index is 1.91. The molecule has 0 fully saturated rings. The lowest BCUT2D eigenvalue weighted by Crippen LogP contribution is -2.14. The predicted molar refractivity (Wildman–Crippen MR) is 87.1 cm³/mol. The molecule has 3 heteroatoms. The second-order valence-corrected chi connectivity index (χ2v) is 5.19. The molecule has 1 amide bonds. The lowest BCUT2D eigenvalue weighted by atomic mass is 10.1. The van der Waals surface area contributed by atoms with Crippen LogP contribution in [0.3, 0.4) is 0 Å². The van der Waals surface area contributed by atoms with Gasteiger partial charge in [0.25, 0.3) is 0 Å². The average Bonchev–Trinajstić information content (AvgIpc) is 2.50. The highest BCUT2D eigenvalue weighted by Gasteiger charge is 2.04. The summed E-state index contributed by atoms with van der Waals surface area (Å²) in [5.74, 6) is -0.00117. The molecular weight excluding hydrogens is 260 g/mol. The van der Waals surface area contributed by atoms with Crippen molar-refractivity contribution in [3.63, 3.8) is 0 Å². The Bertz CT molecular complexity index is 573. The van der Waals surface area contributed by atoms with Gasteiger partial charge < -0.3 is 11.1 Å². The number of nitrogens with one attached hydrogen (secondary N) is 1. The second kappa shape index (κ2) is 7.60. The normalized spacial score (nSPS) is 10.4. The molecule has 0 saturated carbocycles. The summed E-state index contributed by atoms with van der Waals surface area (Å²) in [7, 11) is 0. The highest BCUT2D eigenvalue weighted by molar-refractivity contribution is 5.92. The molecular formula is C18H22N2O. The number of carbonyl (C=O) groups excluding carboxylic acids is 1. The van der Waals surface area contributed by atoms with Crippen molar-refractivity contribution in [1.29, 1.82) is 0 Å². The minimum absolute atomic E-state index is 0.00117. The van der Waals surface area contributed by atoms with Gasteiger partial charge in [-0.15, -0.1) is 0 Å². The molecule has 2 aromatic rings. The number of hydrogen-bond acceptors (Lipinski definition) is 2. The molecule has 0 spiro atoms. The van der Waals surface area contributed by atoms with Crippen LogP contribution in [0.2, 0.25) is 0 Å². The van der Waals surface area contributed by atoms with Crippen molar-refractivity contribution >= 4 is 11.6 Å². The standard InChI is InChI=1S/C18H22N2O/c1-2-3-14-8-10-17(11-9-14)20-18(21)12-15-4-6-16(13-19)7-5-15/h4-11H,2-3,12-13,19H2,1H3,(H,20,21). The molecule has 0 bridgehead atoms. The fourth-order valence-corrected chi connectivity index (χ4v) is 2.23. The zero-order valence-electron chi connectivity index (χ0n) is 12.4. The molecule has 0 saturated heterocycles. The van der Waals surface area contributed by atoms with Gasteiger partial charge in [-0.1, -0.05) is 49.7 Å². The summed E-state index contributed by atoms with van der Waals surface area (Å²) in [6.07, 6.45) is 2.58. The molecule has 0 unspecified atom stereocenters. The summed E-state index contributed by atoms with van der Waals surface area (Å²) < 4.78 is 0. The molecule has 3 N–H and O–H groups in total. The summed E-state index contributed by atoms with van der Waals surface area (Å²) in [6, 6.07) is 15.9. The van der Waals surface area contributed by atoms with Crippen molar-refractivity contribution in [2.24, 2.45) is 5.73 Å². The van der Waals surface area contributed by atoms with Gasteiger partial charge in [-0.2, -0.15) is 0 Å². The average molecular weight is 282 g/mol. The topological polar surface area (TPSA) is 55.1 Å². The molecule has 0 aliphatic rings. The van der Waals surface area contributed by atoms with Crippen LogP contribution in [0.4, 0.5) is 5.69 Å². The number of carbonyl (C=O) groups is 1. The molecule has 0 aliphatic heterocycles. The van der Waals surface area contributed by atoms with Crippen LogP contribution < -0.4 is 11.1 Å². The van der Waals surface area contributed by atoms with Gasteiger partial charge in [-0.3, -0.25) is 4.79 Å². The first-order valence-corrected chi connectivity index (χ1v) is 7.38. The summed E-state index contributed by atoms with van der Waals surface area (Å²) >= 11 is 0. The molecule has 0 atom stereocenters. The predicted octanol–water partition coefficient (Wildman–Crippen LogP) is 3.28. The van der Waals surface area contributed by atoms with E-state index in [0.29, 0.717) is 13.0 Å². The Morgan fingerprint density at radius 3 is 2.10 bits per heavy atom. The maximum atomic E-state index is 12.0. The Labute approximate surface area is 126 Å². The maximum absolute atomic E-state index is 12.0. The van der Waals surface area contributed by atoms with Crippen molar-refractivity contribution in [2.75, 3.05) is 5.32 Å². The number of nitrogens with two attached hydrogens (primary N) is 1. The fraction of sp³-hybridized carbons (Fsp3) is 0.278. The minimum Gasteiger partial charge on any atom is -0.326 e. The Morgan fingerprint density at radius 1 is 0.952 bits per heavy atom. The smallest absolute Gasteiger partial charge is 0.228 e. The molecule has 3 nitrogen and oxygen atoms in total. The van der Waals surface area contributed by atoms with Crippen molar-refractivity contribution in [2.45, 2.75) is 32.7 Å². The van der Waals surface area contributed by atoms with E-state index in [2.05, 4.69) is 24.4 Å². The van der Waals surface area contributed by atoms with Gasteiger partial charge >= 0.3 is 0 Å². The van der Waals surface area contributed by atoms with E-state index in [1.54, 1.807) is 0 Å². The summed E-state index contributed by atoms with van der Waals surface area (Å²) in [5, 5.41) is 2.92. The maximum Gasteiger partial charge on any atom is 0.228 e. The van der Waals surface area contributed by atoms with Crippen molar-refractivity contribution in [3.05, 3.63) is 65.2 Å². The summed E-state index contributed by atoms with van der Waals surface area (Å²) in [4.78, 5) is 12.0. The third-order valence-electron chi connectivity index (χ3n) is 3.40. The van der Waals surface area contributed by atoms with Gasteiger partial charge in [-0.25, -0.2) is 0 Å². The molecule has 2 rings (SSSR count). The van der Waals surface area contributed by atoms with E-state index in [-0.39, 0.29) is 5.91 Å². The second-order valence-electron chi connectivity index (χ2n) is 5.19. The van der Waals surface area contributed by atoms with Crippen molar-refractivity contribution in [3.8, 4) is 0 Å². The van der Waals surface area contributed by atoms with Crippen molar-refractivity contribution in [1.82, 2.24) is 0 Å². The number of hydrogen-bond donors (Lipinski definition) is 2. The van der Waals surface area contributed by atoms with E-state index >= 15 is 0 Å². The van der Waals surface area contributed by atoms with E-state index in [1.807, 2.05) is 36.4 Å². The van der Waals surface area contributed by atoms with Gasteiger partial charge in [0.05, 0.1) is 6.42 Å². The van der Waals surface area contributed by atoms with E-state index in [9.17, 15) is 4.79 Å². The highest BCUT2D eigenvalue weighted by Crippen LogP contribution is 2.12. The van der Waals surface area contributed by atoms with Crippen LogP contribution in [0.5, 0.6) is 0 Å². The first-order chi connectivity index (χ1) is 10.2. The Morgan fingerprint density at radius 2 is 1.52 bits per heavy atom. The van der Waals surface area contributed by atoms with Gasteiger partial charge in [0.1, 0.15) is 0 Å². The Kier molecular flexibility index (Phi) is 5.52.